The van der Waals surface area contributed by atoms with Crippen LogP contribution < -0.4 is 9.47 Å². The average Bonchev–Trinajstić information content (AvgIpc) is 2.94. The Kier molecular flexibility index (Phi) is 12.7. The number of rotatable bonds is 16. The average molecular weight is 574 g/mol. The highest BCUT2D eigenvalue weighted by Crippen LogP contribution is 2.20. The van der Waals surface area contributed by atoms with Gasteiger partial charge in [-0.2, -0.15) is 11.8 Å². The summed E-state index contributed by atoms with van der Waals surface area (Å²) in [5, 5.41) is 9.27. The first-order valence-electron chi connectivity index (χ1n) is 12.9. The number of hydrogen-bond acceptors (Lipinski definition) is 6. The maximum absolute atomic E-state index is 14.1. The van der Waals surface area contributed by atoms with Gasteiger partial charge in [-0.05, 0) is 54.5 Å². The fourth-order valence-electron chi connectivity index (χ4n) is 3.76. The molecule has 0 aliphatic rings. The predicted octanol–water partition coefficient (Wildman–Crippen LogP) is 6.20. The number of ether oxygens (including phenoxy) is 3. The van der Waals surface area contributed by atoms with Crippen LogP contribution in [0, 0.1) is 11.6 Å². The van der Waals surface area contributed by atoms with Crippen molar-refractivity contribution in [1.82, 2.24) is 4.90 Å². The Labute approximate surface area is 237 Å². The number of amides is 1. The van der Waals surface area contributed by atoms with Gasteiger partial charge in [0.2, 0.25) is 0 Å². The first kappa shape index (κ1) is 30.9. The molecule has 0 aliphatic carbocycles. The summed E-state index contributed by atoms with van der Waals surface area (Å²) in [6.07, 6.45) is -0.774. The van der Waals surface area contributed by atoms with Gasteiger partial charge in [-0.1, -0.05) is 42.5 Å². The topological polar surface area (TPSA) is 85.3 Å². The normalized spacial score (nSPS) is 11.6. The second-order valence-electron chi connectivity index (χ2n) is 8.80. The van der Waals surface area contributed by atoms with Gasteiger partial charge in [0.05, 0.1) is 6.54 Å². The Morgan fingerprint density at radius 2 is 1.73 bits per heavy atom. The molecular weight excluding hydrogens is 540 g/mol. The Hall–Kier alpha value is -3.63. The lowest BCUT2D eigenvalue weighted by atomic mass is 10.1. The van der Waals surface area contributed by atoms with Crippen LogP contribution in [-0.2, 0) is 21.7 Å². The summed E-state index contributed by atoms with van der Waals surface area (Å²) in [4.78, 5) is 25.6. The third-order valence-corrected chi connectivity index (χ3v) is 6.91. The molecule has 0 heterocycles. The molecule has 7 nitrogen and oxygen atoms in total. The molecule has 1 N–H and O–H groups in total. The van der Waals surface area contributed by atoms with Crippen molar-refractivity contribution in [2.75, 3.05) is 32.1 Å². The minimum absolute atomic E-state index is 0.147. The molecule has 0 bridgehead atoms. The number of aliphatic carboxylic acids is 1. The second-order valence-corrected chi connectivity index (χ2v) is 9.91. The Bertz CT molecular complexity index is 1210. The van der Waals surface area contributed by atoms with Gasteiger partial charge in [-0.15, -0.1) is 0 Å². The molecule has 0 fully saturated rings. The van der Waals surface area contributed by atoms with Crippen LogP contribution in [0.15, 0.2) is 72.8 Å². The van der Waals surface area contributed by atoms with Gasteiger partial charge >= 0.3 is 12.1 Å². The molecule has 10 heteroatoms. The molecule has 0 aliphatic heterocycles. The summed E-state index contributed by atoms with van der Waals surface area (Å²) in [7, 11) is 0. The standard InChI is InChI=1S/C30H33F2NO6S/c1-2-37-28(29(34)35)19-22-9-12-25(13-10-22)38-17-16-33(15-6-18-40-21-23-7-4-3-5-8-23)30(36)39-27-14-11-24(31)20-26(27)32/h3-5,7-14,20,28H,2,6,15-19,21H2,1H3,(H,34,35). The first-order valence-corrected chi connectivity index (χ1v) is 14.1. The fraction of sp³-hybridized carbons (Fsp3) is 0.333. The van der Waals surface area contributed by atoms with Crippen molar-refractivity contribution in [3.63, 3.8) is 0 Å². The van der Waals surface area contributed by atoms with Crippen molar-refractivity contribution in [3.8, 4) is 11.5 Å². The van der Waals surface area contributed by atoms with Crippen LogP contribution in [0.2, 0.25) is 0 Å². The van der Waals surface area contributed by atoms with Crippen LogP contribution in [0.5, 0.6) is 11.5 Å². The summed E-state index contributed by atoms with van der Waals surface area (Å²) < 4.78 is 43.6. The van der Waals surface area contributed by atoms with E-state index >= 15 is 0 Å². The van der Waals surface area contributed by atoms with Gasteiger partial charge in [-0.3, -0.25) is 0 Å². The summed E-state index contributed by atoms with van der Waals surface area (Å²) in [5.41, 5.74) is 2.00. The van der Waals surface area contributed by atoms with Crippen LogP contribution >= 0.6 is 11.8 Å². The van der Waals surface area contributed by atoms with E-state index in [9.17, 15) is 23.5 Å². The third kappa shape index (κ3) is 10.5. The number of carbonyl (C=O) groups is 2. The minimum atomic E-state index is -1.02. The lowest BCUT2D eigenvalue weighted by Crippen LogP contribution is -2.38. The molecule has 0 spiro atoms. The SMILES string of the molecule is CCOC(Cc1ccc(OCCN(CCCSCc2ccccc2)C(=O)Oc2ccc(F)cc2F)cc1)C(=O)O. The smallest absolute Gasteiger partial charge is 0.415 e. The van der Waals surface area contributed by atoms with Crippen LogP contribution in [-0.4, -0.2) is 60.2 Å². The van der Waals surface area contributed by atoms with E-state index < -0.39 is 29.8 Å². The van der Waals surface area contributed by atoms with Crippen LogP contribution in [0.1, 0.15) is 24.5 Å². The van der Waals surface area contributed by atoms with E-state index in [1.807, 2.05) is 18.2 Å². The maximum Gasteiger partial charge on any atom is 0.415 e. The molecule has 1 atom stereocenters. The van der Waals surface area contributed by atoms with Crippen LogP contribution in [0.4, 0.5) is 13.6 Å². The van der Waals surface area contributed by atoms with E-state index in [0.29, 0.717) is 31.4 Å². The third-order valence-electron chi connectivity index (χ3n) is 5.80. The van der Waals surface area contributed by atoms with E-state index in [2.05, 4.69) is 12.1 Å². The number of hydrogen-bond donors (Lipinski definition) is 1. The molecule has 3 aromatic rings. The van der Waals surface area contributed by atoms with Crippen molar-refractivity contribution in [1.29, 1.82) is 0 Å². The van der Waals surface area contributed by atoms with Crippen molar-refractivity contribution >= 4 is 23.8 Å². The fourth-order valence-corrected chi connectivity index (χ4v) is 4.67. The van der Waals surface area contributed by atoms with Gasteiger partial charge in [0.15, 0.2) is 17.7 Å². The predicted molar refractivity (Wildman–Crippen MR) is 150 cm³/mol. The zero-order valence-corrected chi connectivity index (χ0v) is 23.1. The number of thioether (sulfide) groups is 1. The first-order chi connectivity index (χ1) is 19.4. The summed E-state index contributed by atoms with van der Waals surface area (Å²) in [6, 6.07) is 19.8. The number of nitrogens with zero attached hydrogens (tertiary/aromatic N) is 1. The quantitative estimate of drug-likeness (QED) is 0.204. The zero-order valence-electron chi connectivity index (χ0n) is 22.3. The summed E-state index contributed by atoms with van der Waals surface area (Å²) in [5.74, 6) is -0.902. The summed E-state index contributed by atoms with van der Waals surface area (Å²) in [6.45, 7) is 2.73. The molecule has 0 aromatic heterocycles. The number of carboxylic acid groups (broad SMARTS) is 1. The molecule has 40 heavy (non-hydrogen) atoms. The zero-order chi connectivity index (χ0) is 28.7. The Morgan fingerprint density at radius 3 is 2.40 bits per heavy atom. The van der Waals surface area contributed by atoms with Crippen molar-refractivity contribution in [2.45, 2.75) is 31.6 Å². The lowest BCUT2D eigenvalue weighted by Gasteiger charge is -2.22. The molecule has 0 saturated carbocycles. The van der Waals surface area contributed by atoms with Gasteiger partial charge in [0.25, 0.3) is 0 Å². The lowest BCUT2D eigenvalue weighted by molar-refractivity contribution is -0.149. The molecule has 1 unspecified atom stereocenters. The van der Waals surface area contributed by atoms with Gasteiger partial charge in [0, 0.05) is 31.4 Å². The number of halogens is 2. The highest BCUT2D eigenvalue weighted by molar-refractivity contribution is 7.98. The monoisotopic (exact) mass is 573 g/mol. The van der Waals surface area contributed by atoms with E-state index in [1.165, 1.54) is 10.5 Å². The largest absolute Gasteiger partial charge is 0.492 e. The molecule has 1 amide bonds. The minimum Gasteiger partial charge on any atom is -0.492 e. The van der Waals surface area contributed by atoms with E-state index in [-0.39, 0.29) is 25.3 Å². The van der Waals surface area contributed by atoms with Crippen molar-refractivity contribution in [3.05, 3.63) is 95.6 Å². The molecule has 3 rings (SSSR count). The van der Waals surface area contributed by atoms with Crippen LogP contribution in [0.25, 0.3) is 0 Å². The number of carboxylic acids is 1. The highest BCUT2D eigenvalue weighted by Gasteiger charge is 2.19. The molecule has 3 aromatic carbocycles. The summed E-state index contributed by atoms with van der Waals surface area (Å²) >= 11 is 1.74. The number of carbonyl (C=O) groups excluding carboxylic acids is 1. The van der Waals surface area contributed by atoms with Crippen molar-refractivity contribution < 1.29 is 37.7 Å². The molecule has 0 radical (unpaired) electrons. The van der Waals surface area contributed by atoms with Crippen molar-refractivity contribution in [2.24, 2.45) is 0 Å². The van der Waals surface area contributed by atoms with E-state index in [1.54, 1.807) is 43.0 Å². The van der Waals surface area contributed by atoms with E-state index in [4.69, 9.17) is 14.2 Å². The Balaban J connectivity index is 1.53. The van der Waals surface area contributed by atoms with E-state index in [0.717, 1.165) is 29.2 Å². The van der Waals surface area contributed by atoms with Gasteiger partial charge in [-0.25, -0.2) is 18.4 Å². The second kappa shape index (κ2) is 16.5. The maximum atomic E-state index is 14.1. The Morgan fingerprint density at radius 1 is 0.975 bits per heavy atom. The van der Waals surface area contributed by atoms with Crippen LogP contribution in [0.3, 0.4) is 0 Å². The van der Waals surface area contributed by atoms with Gasteiger partial charge in [0.1, 0.15) is 18.2 Å². The number of benzene rings is 3. The molecule has 214 valence electrons. The molecule has 0 saturated heterocycles. The molecular formula is C30H33F2NO6S. The highest BCUT2D eigenvalue weighted by atomic mass is 32.2. The van der Waals surface area contributed by atoms with Gasteiger partial charge < -0.3 is 24.2 Å².